The number of hydrogen-bond donors (Lipinski definition) is 2. The number of rotatable bonds is 1. The molecule has 0 atom stereocenters. The Labute approximate surface area is 72.0 Å². The molecule has 0 aromatic carbocycles. The number of thiophene rings is 1. The second-order valence-corrected chi connectivity index (χ2v) is 3.81. The van der Waals surface area contributed by atoms with E-state index in [1.54, 1.807) is 11.8 Å². The van der Waals surface area contributed by atoms with Crippen LogP contribution >= 0.6 is 23.1 Å². The van der Waals surface area contributed by atoms with E-state index in [0.717, 1.165) is 21.2 Å². The fourth-order valence-corrected chi connectivity index (χ4v) is 1.99. The molecule has 0 bridgehead atoms. The largest absolute Gasteiger partial charge is 0.389 e. The van der Waals surface area contributed by atoms with Crippen molar-refractivity contribution >= 4 is 39.1 Å². The Hall–Kier alpha value is -0.680. The second kappa shape index (κ2) is 2.42. The number of nitrogens with one attached hydrogen (secondary N) is 1. The predicted octanol–water partition coefficient (Wildman–Crippen LogP) is 1.93. The number of nitrogen functional groups attached to an aromatic ring is 1. The monoisotopic (exact) mass is 185 g/mol. The first-order valence-electron chi connectivity index (χ1n) is 3.08. The van der Waals surface area contributed by atoms with E-state index < -0.39 is 0 Å². The van der Waals surface area contributed by atoms with E-state index in [9.17, 15) is 0 Å². The van der Waals surface area contributed by atoms with Gasteiger partial charge in [-0.2, -0.15) is 0 Å². The third-order valence-electron chi connectivity index (χ3n) is 1.44. The van der Waals surface area contributed by atoms with Gasteiger partial charge in [0.05, 0.1) is 5.52 Å². The van der Waals surface area contributed by atoms with E-state index >= 15 is 0 Å². The van der Waals surface area contributed by atoms with Gasteiger partial charge in [0.2, 0.25) is 0 Å². The fraction of sp³-hybridized carbons (Fsp3) is 0.167. The number of aromatic nitrogens is 2. The van der Waals surface area contributed by atoms with Gasteiger partial charge >= 0.3 is 0 Å². The number of thioether (sulfide) groups is 1. The predicted molar refractivity (Wildman–Crippen MR) is 50.2 cm³/mol. The van der Waals surface area contributed by atoms with Gasteiger partial charge in [-0.05, 0) is 6.26 Å². The summed E-state index contributed by atoms with van der Waals surface area (Å²) >= 11 is 3.11. The Kier molecular flexibility index (Phi) is 1.54. The summed E-state index contributed by atoms with van der Waals surface area (Å²) in [6.07, 6.45) is 1.98. The van der Waals surface area contributed by atoms with Crippen LogP contribution in [-0.2, 0) is 0 Å². The van der Waals surface area contributed by atoms with E-state index in [2.05, 4.69) is 9.97 Å². The van der Waals surface area contributed by atoms with Crippen LogP contribution < -0.4 is 5.73 Å². The summed E-state index contributed by atoms with van der Waals surface area (Å²) in [7, 11) is 0. The summed E-state index contributed by atoms with van der Waals surface area (Å²) in [5, 5.41) is 3.70. The van der Waals surface area contributed by atoms with Crippen molar-refractivity contribution in [1.82, 2.24) is 9.97 Å². The van der Waals surface area contributed by atoms with Crippen molar-refractivity contribution in [3.63, 3.8) is 0 Å². The van der Waals surface area contributed by atoms with Crippen molar-refractivity contribution in [3.8, 4) is 0 Å². The molecule has 0 fully saturated rings. The number of anilines is 1. The quantitative estimate of drug-likeness (QED) is 0.667. The Morgan fingerprint density at radius 2 is 2.55 bits per heavy atom. The van der Waals surface area contributed by atoms with Crippen LogP contribution in [0.5, 0.6) is 0 Å². The number of imidazole rings is 1. The number of nitrogens with zero attached hydrogens (tertiary/aromatic N) is 1. The molecule has 2 aromatic rings. The first kappa shape index (κ1) is 7.00. The number of aromatic amines is 1. The topological polar surface area (TPSA) is 54.7 Å². The van der Waals surface area contributed by atoms with Crippen LogP contribution in [0, 0.1) is 0 Å². The normalized spacial score (nSPS) is 11.0. The van der Waals surface area contributed by atoms with Gasteiger partial charge in [-0.25, -0.2) is 4.98 Å². The molecule has 0 aliphatic heterocycles. The van der Waals surface area contributed by atoms with Gasteiger partial charge in [0.1, 0.15) is 10.5 Å². The minimum absolute atomic E-state index is 0.788. The SMILES string of the molecule is CSc1nc2c(N)scc2[nH]1. The van der Waals surface area contributed by atoms with Crippen LogP contribution in [-0.4, -0.2) is 16.2 Å². The lowest BCUT2D eigenvalue weighted by Gasteiger charge is -1.82. The highest BCUT2D eigenvalue weighted by atomic mass is 32.2. The lowest BCUT2D eigenvalue weighted by molar-refractivity contribution is 1.09. The number of fused-ring (bicyclic) bond motifs is 1. The summed E-state index contributed by atoms with van der Waals surface area (Å²) in [5.41, 5.74) is 7.61. The molecule has 0 aliphatic carbocycles. The average Bonchev–Trinajstić information content (AvgIpc) is 2.53. The number of nitrogens with two attached hydrogens (primary N) is 1. The van der Waals surface area contributed by atoms with Crippen LogP contribution in [0.15, 0.2) is 10.5 Å². The molecule has 5 heteroatoms. The first-order valence-corrected chi connectivity index (χ1v) is 5.18. The smallest absolute Gasteiger partial charge is 0.166 e. The molecule has 2 rings (SSSR count). The van der Waals surface area contributed by atoms with Gasteiger partial charge in [0.25, 0.3) is 0 Å². The molecule has 0 saturated carbocycles. The fourth-order valence-electron chi connectivity index (χ4n) is 0.912. The van der Waals surface area contributed by atoms with E-state index in [1.807, 2.05) is 11.6 Å². The maximum Gasteiger partial charge on any atom is 0.166 e. The molecule has 0 unspecified atom stereocenters. The minimum atomic E-state index is 0.788. The molecule has 11 heavy (non-hydrogen) atoms. The summed E-state index contributed by atoms with van der Waals surface area (Å²) in [6.45, 7) is 0. The molecular formula is C6H7N3S2. The van der Waals surface area contributed by atoms with Gasteiger partial charge < -0.3 is 10.7 Å². The van der Waals surface area contributed by atoms with Crippen molar-refractivity contribution in [2.24, 2.45) is 0 Å². The number of H-pyrrole nitrogens is 1. The highest BCUT2D eigenvalue weighted by molar-refractivity contribution is 7.98. The van der Waals surface area contributed by atoms with Crippen LogP contribution in [0.4, 0.5) is 5.00 Å². The molecule has 0 aliphatic rings. The molecule has 2 heterocycles. The Morgan fingerprint density at radius 1 is 1.73 bits per heavy atom. The molecule has 3 N–H and O–H groups in total. The average molecular weight is 185 g/mol. The molecule has 0 saturated heterocycles. The lowest BCUT2D eigenvalue weighted by Crippen LogP contribution is -1.78. The van der Waals surface area contributed by atoms with Crippen molar-refractivity contribution in [1.29, 1.82) is 0 Å². The third-order valence-corrected chi connectivity index (χ3v) is 2.82. The summed E-state index contributed by atoms with van der Waals surface area (Å²) in [4.78, 5) is 7.43. The van der Waals surface area contributed by atoms with E-state index in [-0.39, 0.29) is 0 Å². The van der Waals surface area contributed by atoms with Crippen LogP contribution in [0.1, 0.15) is 0 Å². The standard InChI is InChI=1S/C6H7N3S2/c1-10-6-8-3-2-11-5(7)4(3)9-6/h2H,7H2,1H3,(H,8,9). The lowest BCUT2D eigenvalue weighted by atomic mass is 10.5. The van der Waals surface area contributed by atoms with Crippen LogP contribution in [0.2, 0.25) is 0 Å². The van der Waals surface area contributed by atoms with Gasteiger partial charge in [-0.15, -0.1) is 11.3 Å². The Balaban J connectivity index is 2.70. The van der Waals surface area contributed by atoms with Gasteiger partial charge in [-0.3, -0.25) is 0 Å². The molecular weight excluding hydrogens is 178 g/mol. The van der Waals surface area contributed by atoms with Gasteiger partial charge in [-0.1, -0.05) is 11.8 Å². The van der Waals surface area contributed by atoms with Crippen LogP contribution in [0.3, 0.4) is 0 Å². The van der Waals surface area contributed by atoms with Crippen molar-refractivity contribution in [2.45, 2.75) is 5.16 Å². The molecule has 0 radical (unpaired) electrons. The second-order valence-electron chi connectivity index (χ2n) is 2.11. The van der Waals surface area contributed by atoms with Gasteiger partial charge in [0, 0.05) is 5.38 Å². The molecule has 2 aromatic heterocycles. The maximum absolute atomic E-state index is 5.67. The number of hydrogen-bond acceptors (Lipinski definition) is 4. The highest BCUT2D eigenvalue weighted by Crippen LogP contribution is 2.27. The summed E-state index contributed by atoms with van der Waals surface area (Å²) in [6, 6.07) is 0. The Bertz CT molecular complexity index is 376. The van der Waals surface area contributed by atoms with E-state index in [0.29, 0.717) is 0 Å². The summed E-state index contributed by atoms with van der Waals surface area (Å²) in [5.74, 6) is 0. The zero-order chi connectivity index (χ0) is 7.84. The Morgan fingerprint density at radius 3 is 3.18 bits per heavy atom. The van der Waals surface area contributed by atoms with Crippen molar-refractivity contribution in [3.05, 3.63) is 5.38 Å². The zero-order valence-electron chi connectivity index (χ0n) is 5.92. The first-order chi connectivity index (χ1) is 5.31. The van der Waals surface area contributed by atoms with Gasteiger partial charge in [0.15, 0.2) is 5.16 Å². The minimum Gasteiger partial charge on any atom is -0.389 e. The van der Waals surface area contributed by atoms with Crippen molar-refractivity contribution in [2.75, 3.05) is 12.0 Å². The van der Waals surface area contributed by atoms with Crippen molar-refractivity contribution < 1.29 is 0 Å². The molecule has 58 valence electrons. The highest BCUT2D eigenvalue weighted by Gasteiger charge is 2.05. The van der Waals surface area contributed by atoms with E-state index in [1.165, 1.54) is 11.3 Å². The van der Waals surface area contributed by atoms with Crippen LogP contribution in [0.25, 0.3) is 11.0 Å². The maximum atomic E-state index is 5.67. The summed E-state index contributed by atoms with van der Waals surface area (Å²) < 4.78 is 0. The van der Waals surface area contributed by atoms with E-state index in [4.69, 9.17) is 5.73 Å². The molecule has 0 amide bonds. The zero-order valence-corrected chi connectivity index (χ0v) is 7.55. The molecule has 0 spiro atoms. The third kappa shape index (κ3) is 1.00. The molecule has 3 nitrogen and oxygen atoms in total.